The summed E-state index contributed by atoms with van der Waals surface area (Å²) >= 11 is 1.68. The summed E-state index contributed by atoms with van der Waals surface area (Å²) in [6.07, 6.45) is -0.163. The molecular weight excluding hydrogens is 472 g/mol. The van der Waals surface area contributed by atoms with Crippen LogP contribution in [0.2, 0.25) is 0 Å². The van der Waals surface area contributed by atoms with E-state index in [1.165, 1.54) is 22.3 Å². The van der Waals surface area contributed by atoms with Crippen molar-refractivity contribution in [2.45, 2.75) is 59.5 Å². The van der Waals surface area contributed by atoms with Crippen molar-refractivity contribution in [3.05, 3.63) is 57.6 Å². The lowest BCUT2D eigenvalue weighted by atomic mass is 9.93. The maximum atomic E-state index is 10.5. The van der Waals surface area contributed by atoms with Crippen LogP contribution in [0.5, 0.6) is 5.75 Å². The number of aliphatic hydroxyl groups excluding tert-OH is 1. The van der Waals surface area contributed by atoms with Gasteiger partial charge in [-0.3, -0.25) is 9.80 Å². The number of rotatable bonds is 7. The first-order valence-corrected chi connectivity index (χ1v) is 13.6. The maximum absolute atomic E-state index is 10.5. The fraction of sp³-hybridized carbons (Fsp3) is 0.500. The number of hydrogen-bond acceptors (Lipinski definition) is 8. The molecule has 2 unspecified atom stereocenters. The van der Waals surface area contributed by atoms with Crippen molar-refractivity contribution in [3.8, 4) is 5.75 Å². The number of nitrogens with zero attached hydrogens (tertiary/aromatic N) is 4. The minimum absolute atomic E-state index is 0.00810. The third-order valence-corrected chi connectivity index (χ3v) is 8.05. The molecule has 7 nitrogen and oxygen atoms in total. The molecule has 0 amide bonds. The van der Waals surface area contributed by atoms with Gasteiger partial charge in [0.1, 0.15) is 11.9 Å². The maximum Gasteiger partial charge on any atom is 0.178 e. The van der Waals surface area contributed by atoms with Gasteiger partial charge in [-0.1, -0.05) is 22.9 Å². The molecule has 1 fully saturated rings. The topological polar surface area (TPSA) is 70.4 Å². The Hall–Kier alpha value is -2.52. The highest BCUT2D eigenvalue weighted by Gasteiger charge is 2.31. The first-order chi connectivity index (χ1) is 17.3. The second-order valence-corrected chi connectivity index (χ2v) is 11.4. The van der Waals surface area contributed by atoms with Gasteiger partial charge in [-0.25, -0.2) is 4.98 Å². The van der Waals surface area contributed by atoms with E-state index in [9.17, 15) is 5.11 Å². The highest BCUT2D eigenvalue weighted by atomic mass is 32.1. The van der Waals surface area contributed by atoms with E-state index < -0.39 is 12.3 Å². The second-order valence-electron chi connectivity index (χ2n) is 10.2. The Kier molecular flexibility index (Phi) is 7.30. The Morgan fingerprint density at radius 3 is 2.50 bits per heavy atom. The molecule has 1 saturated heterocycles. The van der Waals surface area contributed by atoms with E-state index in [0.717, 1.165) is 65.8 Å². The second kappa shape index (κ2) is 10.5. The lowest BCUT2D eigenvalue weighted by Crippen LogP contribution is -2.55. The van der Waals surface area contributed by atoms with Gasteiger partial charge in [0.25, 0.3) is 0 Å². The van der Waals surface area contributed by atoms with Crippen molar-refractivity contribution >= 4 is 27.3 Å². The highest BCUT2D eigenvalue weighted by molar-refractivity contribution is 7.18. The molecule has 3 atom stereocenters. The summed E-state index contributed by atoms with van der Waals surface area (Å²) in [5.74, 6) is 0.742. The molecule has 1 N–H and O–H groups in total. The van der Waals surface area contributed by atoms with E-state index >= 15 is 0 Å². The zero-order valence-electron chi connectivity index (χ0n) is 21.8. The predicted octanol–water partition coefficient (Wildman–Crippen LogP) is 4.75. The molecule has 2 aromatic carbocycles. The number of fused-ring (bicyclic) bond motifs is 1. The van der Waals surface area contributed by atoms with Crippen LogP contribution in [0.25, 0.3) is 10.2 Å². The molecule has 0 saturated carbocycles. The standard InChI is InChI=1S/C28H36N4O3S/c1-17-12-18(2)27(19(3)13-17)25-14-22(30-35-25)16-31-8-10-32(11-9-31)28(20(4)33)34-23-6-7-26-24(15-23)29-21(5)36-26/h6-7,12-13,15,20,25,28,33H,8-11,14,16H2,1-5H3/t20-,25?,28?/m1/s1. The summed E-state index contributed by atoms with van der Waals surface area (Å²) < 4.78 is 7.42. The molecule has 3 aromatic rings. The minimum Gasteiger partial charge on any atom is -0.472 e. The Labute approximate surface area is 217 Å². The van der Waals surface area contributed by atoms with Crippen molar-refractivity contribution in [1.29, 1.82) is 0 Å². The van der Waals surface area contributed by atoms with Crippen LogP contribution in [0.1, 0.15) is 46.7 Å². The molecule has 0 radical (unpaired) electrons. The van der Waals surface area contributed by atoms with Crippen molar-refractivity contribution < 1.29 is 14.7 Å². The molecule has 3 heterocycles. The SMILES string of the molecule is Cc1cc(C)c(C2CC(CN3CCN(C(Oc4ccc5sc(C)nc5c4)[C@@H](C)O)CC3)=NO2)c(C)c1. The van der Waals surface area contributed by atoms with E-state index in [0.29, 0.717) is 0 Å². The number of benzene rings is 2. The predicted molar refractivity (Wildman–Crippen MR) is 145 cm³/mol. The molecular formula is C28H36N4O3S. The summed E-state index contributed by atoms with van der Waals surface area (Å²) in [7, 11) is 0. The Morgan fingerprint density at radius 1 is 1.08 bits per heavy atom. The van der Waals surface area contributed by atoms with Gasteiger partial charge in [0.15, 0.2) is 12.3 Å². The van der Waals surface area contributed by atoms with Gasteiger partial charge in [-0.15, -0.1) is 11.3 Å². The number of piperazine rings is 1. The quantitative estimate of drug-likeness (QED) is 0.497. The van der Waals surface area contributed by atoms with Crippen LogP contribution in [0.15, 0.2) is 35.5 Å². The van der Waals surface area contributed by atoms with Gasteiger partial charge in [0, 0.05) is 50.8 Å². The zero-order chi connectivity index (χ0) is 25.4. The first kappa shape index (κ1) is 25.1. The van der Waals surface area contributed by atoms with Crippen LogP contribution in [0.3, 0.4) is 0 Å². The third-order valence-electron chi connectivity index (χ3n) is 7.10. The number of aryl methyl sites for hydroxylation is 4. The molecule has 0 spiro atoms. The lowest BCUT2D eigenvalue weighted by Gasteiger charge is -2.40. The Morgan fingerprint density at radius 2 is 1.81 bits per heavy atom. The van der Waals surface area contributed by atoms with Crippen LogP contribution in [-0.2, 0) is 4.84 Å². The lowest BCUT2D eigenvalue weighted by molar-refractivity contribution is -0.0732. The smallest absolute Gasteiger partial charge is 0.178 e. The van der Waals surface area contributed by atoms with Crippen LogP contribution < -0.4 is 4.74 Å². The number of hydrogen-bond donors (Lipinski definition) is 1. The molecule has 2 aliphatic heterocycles. The fourth-order valence-electron chi connectivity index (χ4n) is 5.52. The summed E-state index contributed by atoms with van der Waals surface area (Å²) in [5.41, 5.74) is 7.14. The summed E-state index contributed by atoms with van der Waals surface area (Å²) in [6, 6.07) is 10.4. The summed E-state index contributed by atoms with van der Waals surface area (Å²) in [5, 5.41) is 16.0. The Balaban J connectivity index is 1.16. The van der Waals surface area contributed by atoms with Crippen LogP contribution in [-0.4, -0.2) is 70.7 Å². The molecule has 1 aromatic heterocycles. The van der Waals surface area contributed by atoms with Crippen LogP contribution in [0.4, 0.5) is 0 Å². The molecule has 8 heteroatoms. The van der Waals surface area contributed by atoms with Gasteiger partial charge < -0.3 is 14.7 Å². The largest absolute Gasteiger partial charge is 0.472 e. The van der Waals surface area contributed by atoms with Gasteiger partial charge >= 0.3 is 0 Å². The number of aromatic nitrogens is 1. The van der Waals surface area contributed by atoms with Crippen molar-refractivity contribution in [3.63, 3.8) is 0 Å². The van der Waals surface area contributed by atoms with E-state index in [1.807, 2.05) is 25.1 Å². The van der Waals surface area contributed by atoms with Crippen molar-refractivity contribution in [2.75, 3.05) is 32.7 Å². The number of thiazole rings is 1. The highest BCUT2D eigenvalue weighted by Crippen LogP contribution is 2.33. The van der Waals surface area contributed by atoms with E-state index in [1.54, 1.807) is 18.3 Å². The Bertz CT molecular complexity index is 1240. The number of aliphatic hydroxyl groups is 1. The monoisotopic (exact) mass is 508 g/mol. The van der Waals surface area contributed by atoms with E-state index in [-0.39, 0.29) is 6.10 Å². The minimum atomic E-state index is -0.612. The summed E-state index contributed by atoms with van der Waals surface area (Å²) in [6.45, 7) is 14.5. The first-order valence-electron chi connectivity index (χ1n) is 12.7. The normalized spacial score (nSPS) is 20.8. The molecule has 36 heavy (non-hydrogen) atoms. The van der Waals surface area contributed by atoms with E-state index in [4.69, 9.17) is 9.57 Å². The zero-order valence-corrected chi connectivity index (χ0v) is 22.6. The van der Waals surface area contributed by atoms with Crippen LogP contribution in [0, 0.1) is 27.7 Å². The van der Waals surface area contributed by atoms with Gasteiger partial charge in [0.2, 0.25) is 0 Å². The van der Waals surface area contributed by atoms with Crippen LogP contribution >= 0.6 is 11.3 Å². The van der Waals surface area contributed by atoms with E-state index in [2.05, 4.69) is 52.8 Å². The van der Waals surface area contributed by atoms with Gasteiger partial charge in [-0.2, -0.15) is 0 Å². The molecule has 0 aliphatic carbocycles. The summed E-state index contributed by atoms with van der Waals surface area (Å²) in [4.78, 5) is 15.1. The van der Waals surface area contributed by atoms with Crippen molar-refractivity contribution in [1.82, 2.24) is 14.8 Å². The van der Waals surface area contributed by atoms with Crippen molar-refractivity contribution in [2.24, 2.45) is 5.16 Å². The van der Waals surface area contributed by atoms with Gasteiger partial charge in [0.05, 0.1) is 20.9 Å². The number of oxime groups is 1. The molecule has 5 rings (SSSR count). The molecule has 0 bridgehead atoms. The average molecular weight is 509 g/mol. The number of ether oxygens (including phenoxy) is 1. The fourth-order valence-corrected chi connectivity index (χ4v) is 6.33. The molecule has 192 valence electrons. The van der Waals surface area contributed by atoms with Gasteiger partial charge in [-0.05, 0) is 57.9 Å². The average Bonchev–Trinajstić information content (AvgIpc) is 3.42. The molecule has 2 aliphatic rings. The third kappa shape index (κ3) is 5.42.